The molecule has 0 aliphatic carbocycles. The molecule has 0 saturated heterocycles. The minimum Gasteiger partial charge on any atom is -0.0654 e. The molecule has 0 unspecified atom stereocenters. The molecular formula is C16H34. The van der Waals surface area contributed by atoms with Crippen molar-refractivity contribution in [3.8, 4) is 0 Å². The van der Waals surface area contributed by atoms with E-state index in [1.165, 1.54) is 64.2 Å². The Morgan fingerprint density at radius 2 is 0.688 bits per heavy atom. The zero-order valence-electron chi connectivity index (χ0n) is 12.2. The van der Waals surface area contributed by atoms with E-state index >= 15 is 0 Å². The van der Waals surface area contributed by atoms with E-state index < -0.39 is 0 Å². The van der Waals surface area contributed by atoms with Gasteiger partial charge in [0.1, 0.15) is 0 Å². The predicted molar refractivity (Wildman–Crippen MR) is 75.8 cm³/mol. The number of hydrogen-bond donors (Lipinski definition) is 0. The van der Waals surface area contributed by atoms with Crippen molar-refractivity contribution in [2.24, 2.45) is 11.8 Å². The smallest absolute Gasteiger partial charge is 0.0414 e. The normalized spacial score (nSPS) is 11.6. The molecule has 0 aromatic heterocycles. The van der Waals surface area contributed by atoms with Gasteiger partial charge < -0.3 is 0 Å². The lowest BCUT2D eigenvalue weighted by Crippen LogP contribution is -2.06. The second-order valence-electron chi connectivity index (χ2n) is 5.46. The standard InChI is InChI=1S/C16H34/c1-5-9-15(10-6-2)13-14-16(11-7-3)12-8-4/h15-16H,5-14H2,1-4H3. The zero-order valence-corrected chi connectivity index (χ0v) is 12.2. The van der Waals surface area contributed by atoms with Gasteiger partial charge in [-0.3, -0.25) is 0 Å². The van der Waals surface area contributed by atoms with Gasteiger partial charge in [-0.15, -0.1) is 0 Å². The van der Waals surface area contributed by atoms with Gasteiger partial charge in [0.15, 0.2) is 0 Å². The van der Waals surface area contributed by atoms with Crippen molar-refractivity contribution < 1.29 is 0 Å². The van der Waals surface area contributed by atoms with Gasteiger partial charge in [-0.05, 0) is 11.8 Å². The molecule has 0 rings (SSSR count). The summed E-state index contributed by atoms with van der Waals surface area (Å²) in [5.41, 5.74) is 0. The van der Waals surface area contributed by atoms with Crippen LogP contribution in [0.15, 0.2) is 0 Å². The van der Waals surface area contributed by atoms with Crippen LogP contribution < -0.4 is 0 Å². The van der Waals surface area contributed by atoms with Crippen molar-refractivity contribution in [3.05, 3.63) is 0 Å². The lowest BCUT2D eigenvalue weighted by Gasteiger charge is -2.20. The average molecular weight is 226 g/mol. The van der Waals surface area contributed by atoms with Crippen molar-refractivity contribution in [2.45, 2.75) is 91.9 Å². The van der Waals surface area contributed by atoms with Gasteiger partial charge in [-0.2, -0.15) is 0 Å². The summed E-state index contributed by atoms with van der Waals surface area (Å²) >= 11 is 0. The van der Waals surface area contributed by atoms with Gasteiger partial charge in [-0.25, -0.2) is 0 Å². The van der Waals surface area contributed by atoms with Crippen LogP contribution in [0.3, 0.4) is 0 Å². The molecule has 0 fully saturated rings. The van der Waals surface area contributed by atoms with Crippen LogP contribution >= 0.6 is 0 Å². The zero-order chi connectivity index (χ0) is 12.2. The maximum Gasteiger partial charge on any atom is -0.0414 e. The minimum absolute atomic E-state index is 1.02. The predicted octanol–water partition coefficient (Wildman–Crippen LogP) is 6.20. The molecule has 0 aliphatic rings. The van der Waals surface area contributed by atoms with Crippen LogP contribution in [0.5, 0.6) is 0 Å². The Morgan fingerprint density at radius 1 is 0.438 bits per heavy atom. The molecule has 0 aliphatic heterocycles. The molecule has 0 bridgehead atoms. The third-order valence-electron chi connectivity index (χ3n) is 3.77. The number of rotatable bonds is 11. The van der Waals surface area contributed by atoms with E-state index in [2.05, 4.69) is 27.7 Å². The molecule has 0 nitrogen and oxygen atoms in total. The average Bonchev–Trinajstić information content (AvgIpc) is 2.27. The van der Waals surface area contributed by atoms with Crippen LogP contribution in [0.4, 0.5) is 0 Å². The SMILES string of the molecule is CCCC(CCC)CCC(CCC)CCC. The molecular weight excluding hydrogens is 192 g/mol. The molecule has 0 aromatic rings. The topological polar surface area (TPSA) is 0 Å². The summed E-state index contributed by atoms with van der Waals surface area (Å²) in [6.07, 6.45) is 14.3. The molecule has 0 atom stereocenters. The van der Waals surface area contributed by atoms with E-state index in [1.807, 2.05) is 0 Å². The molecule has 0 heterocycles. The first-order valence-electron chi connectivity index (χ1n) is 7.78. The summed E-state index contributed by atoms with van der Waals surface area (Å²) in [7, 11) is 0. The summed E-state index contributed by atoms with van der Waals surface area (Å²) in [4.78, 5) is 0. The van der Waals surface area contributed by atoms with Gasteiger partial charge >= 0.3 is 0 Å². The quantitative estimate of drug-likeness (QED) is 0.393. The lowest BCUT2D eigenvalue weighted by molar-refractivity contribution is 0.328. The van der Waals surface area contributed by atoms with Gasteiger partial charge in [0.25, 0.3) is 0 Å². The van der Waals surface area contributed by atoms with E-state index in [0.29, 0.717) is 0 Å². The third-order valence-corrected chi connectivity index (χ3v) is 3.77. The second-order valence-corrected chi connectivity index (χ2v) is 5.46. The summed E-state index contributed by atoms with van der Waals surface area (Å²) < 4.78 is 0. The van der Waals surface area contributed by atoms with Crippen LogP contribution in [0.2, 0.25) is 0 Å². The van der Waals surface area contributed by atoms with Crippen LogP contribution in [-0.4, -0.2) is 0 Å². The van der Waals surface area contributed by atoms with Gasteiger partial charge in [0, 0.05) is 0 Å². The van der Waals surface area contributed by atoms with Crippen LogP contribution in [-0.2, 0) is 0 Å². The highest BCUT2D eigenvalue weighted by molar-refractivity contribution is 4.64. The fourth-order valence-corrected chi connectivity index (χ4v) is 2.97. The highest BCUT2D eigenvalue weighted by Gasteiger charge is 2.11. The Bertz CT molecular complexity index is 100. The Morgan fingerprint density at radius 3 is 0.875 bits per heavy atom. The fraction of sp³-hybridized carbons (Fsp3) is 1.00. The monoisotopic (exact) mass is 226 g/mol. The summed E-state index contributed by atoms with van der Waals surface area (Å²) in [5.74, 6) is 2.04. The molecule has 0 saturated carbocycles. The van der Waals surface area contributed by atoms with Crippen molar-refractivity contribution in [1.29, 1.82) is 0 Å². The molecule has 0 spiro atoms. The third kappa shape index (κ3) is 8.19. The summed E-state index contributed by atoms with van der Waals surface area (Å²) in [5, 5.41) is 0. The largest absolute Gasteiger partial charge is 0.0654 e. The maximum atomic E-state index is 2.33. The Balaban J connectivity index is 3.83. The van der Waals surface area contributed by atoms with Gasteiger partial charge in [0.05, 0.1) is 0 Å². The summed E-state index contributed by atoms with van der Waals surface area (Å²) in [6.45, 7) is 9.33. The summed E-state index contributed by atoms with van der Waals surface area (Å²) in [6, 6.07) is 0. The van der Waals surface area contributed by atoms with Crippen molar-refractivity contribution >= 4 is 0 Å². The van der Waals surface area contributed by atoms with Gasteiger partial charge in [0.2, 0.25) is 0 Å². The molecule has 98 valence electrons. The minimum atomic E-state index is 1.02. The fourth-order valence-electron chi connectivity index (χ4n) is 2.97. The van der Waals surface area contributed by atoms with Crippen LogP contribution in [0.1, 0.15) is 91.9 Å². The van der Waals surface area contributed by atoms with Crippen molar-refractivity contribution in [1.82, 2.24) is 0 Å². The first-order chi connectivity index (χ1) is 7.78. The van der Waals surface area contributed by atoms with E-state index in [1.54, 1.807) is 0 Å². The molecule has 0 amide bonds. The Kier molecular flexibility index (Phi) is 11.5. The van der Waals surface area contributed by atoms with E-state index in [0.717, 1.165) is 11.8 Å². The lowest BCUT2D eigenvalue weighted by atomic mass is 9.86. The number of hydrogen-bond acceptors (Lipinski definition) is 0. The van der Waals surface area contributed by atoms with Crippen LogP contribution in [0, 0.1) is 11.8 Å². The maximum absolute atomic E-state index is 2.33. The van der Waals surface area contributed by atoms with Gasteiger partial charge in [-0.1, -0.05) is 91.9 Å². The van der Waals surface area contributed by atoms with Crippen LogP contribution in [0.25, 0.3) is 0 Å². The molecule has 0 N–H and O–H groups in total. The molecule has 0 heteroatoms. The highest BCUT2D eigenvalue weighted by atomic mass is 14.2. The van der Waals surface area contributed by atoms with E-state index in [-0.39, 0.29) is 0 Å². The second kappa shape index (κ2) is 11.5. The van der Waals surface area contributed by atoms with E-state index in [9.17, 15) is 0 Å². The molecule has 16 heavy (non-hydrogen) atoms. The van der Waals surface area contributed by atoms with Crippen molar-refractivity contribution in [2.75, 3.05) is 0 Å². The Hall–Kier alpha value is 0. The van der Waals surface area contributed by atoms with Crippen molar-refractivity contribution in [3.63, 3.8) is 0 Å². The Labute approximate surface area is 104 Å². The first-order valence-corrected chi connectivity index (χ1v) is 7.78. The molecule has 0 radical (unpaired) electrons. The highest BCUT2D eigenvalue weighted by Crippen LogP contribution is 2.26. The molecule has 0 aromatic carbocycles. The first kappa shape index (κ1) is 16.0. The van der Waals surface area contributed by atoms with E-state index in [4.69, 9.17) is 0 Å².